The molecule has 0 bridgehead atoms. The van der Waals surface area contributed by atoms with Crippen molar-refractivity contribution in [1.82, 2.24) is 9.97 Å². The molecular formula is C12H9N3O6. The van der Waals surface area contributed by atoms with Crippen molar-refractivity contribution in [2.24, 2.45) is 0 Å². The largest absolute Gasteiger partial charge is 0.496 e. The first-order valence-corrected chi connectivity index (χ1v) is 5.57. The standard InChI is InChI=1S/C12H9N3O6/c1-20-7-2-3-9(8(6-7)15(18)19)21-11-10(12(16)17)13-4-5-14-11/h2-6H,1H3,(H,16,17). The Hall–Kier alpha value is -3.23. The van der Waals surface area contributed by atoms with Crippen LogP contribution in [0, 0.1) is 10.1 Å². The number of nitro benzene ring substituents is 1. The maximum absolute atomic E-state index is 11.0. The molecule has 0 amide bonds. The van der Waals surface area contributed by atoms with Gasteiger partial charge in [-0.05, 0) is 12.1 Å². The van der Waals surface area contributed by atoms with Gasteiger partial charge in [-0.3, -0.25) is 10.1 Å². The Kier molecular flexibility index (Phi) is 3.93. The number of nitrogens with zero attached hydrogens (tertiary/aromatic N) is 3. The Balaban J connectivity index is 2.45. The number of nitro groups is 1. The molecule has 0 unspecified atom stereocenters. The van der Waals surface area contributed by atoms with E-state index in [1.165, 1.54) is 31.6 Å². The number of aromatic nitrogens is 2. The molecule has 9 heteroatoms. The number of ether oxygens (including phenoxy) is 2. The summed E-state index contributed by atoms with van der Waals surface area (Å²) in [4.78, 5) is 28.7. The molecule has 1 heterocycles. The fourth-order valence-electron chi connectivity index (χ4n) is 1.50. The van der Waals surface area contributed by atoms with Gasteiger partial charge in [-0.15, -0.1) is 0 Å². The first kappa shape index (κ1) is 14.2. The summed E-state index contributed by atoms with van der Waals surface area (Å²) in [6, 6.07) is 3.89. The van der Waals surface area contributed by atoms with E-state index in [1.807, 2.05) is 0 Å². The number of hydrogen-bond acceptors (Lipinski definition) is 7. The van der Waals surface area contributed by atoms with E-state index in [9.17, 15) is 14.9 Å². The van der Waals surface area contributed by atoms with Crippen molar-refractivity contribution < 1.29 is 24.3 Å². The van der Waals surface area contributed by atoms with Crippen LogP contribution in [0.25, 0.3) is 0 Å². The number of rotatable bonds is 5. The normalized spacial score (nSPS) is 9.95. The van der Waals surface area contributed by atoms with Crippen LogP contribution in [0.3, 0.4) is 0 Å². The molecule has 21 heavy (non-hydrogen) atoms. The first-order valence-electron chi connectivity index (χ1n) is 5.57. The predicted molar refractivity (Wildman–Crippen MR) is 68.7 cm³/mol. The quantitative estimate of drug-likeness (QED) is 0.653. The van der Waals surface area contributed by atoms with Gasteiger partial charge < -0.3 is 14.6 Å². The summed E-state index contributed by atoms with van der Waals surface area (Å²) in [7, 11) is 1.37. The number of carboxylic acids is 1. The first-order chi connectivity index (χ1) is 10.0. The van der Waals surface area contributed by atoms with Crippen molar-refractivity contribution in [2.75, 3.05) is 7.11 Å². The van der Waals surface area contributed by atoms with E-state index in [0.717, 1.165) is 6.07 Å². The molecule has 2 rings (SSSR count). The summed E-state index contributed by atoms with van der Waals surface area (Å²) in [5, 5.41) is 20.0. The maximum Gasteiger partial charge on any atom is 0.360 e. The van der Waals surface area contributed by atoms with Gasteiger partial charge in [0.1, 0.15) is 5.75 Å². The van der Waals surface area contributed by atoms with Crippen molar-refractivity contribution in [3.05, 3.63) is 46.4 Å². The van der Waals surface area contributed by atoms with E-state index in [4.69, 9.17) is 14.6 Å². The Labute approximate surface area is 117 Å². The monoisotopic (exact) mass is 291 g/mol. The van der Waals surface area contributed by atoms with Crippen LogP contribution in [0.1, 0.15) is 10.5 Å². The van der Waals surface area contributed by atoms with Gasteiger partial charge in [0.05, 0.1) is 18.1 Å². The number of carboxylic acid groups (broad SMARTS) is 1. The summed E-state index contributed by atoms with van der Waals surface area (Å²) in [6.07, 6.45) is 2.40. The highest BCUT2D eigenvalue weighted by Gasteiger charge is 2.21. The third-order valence-electron chi connectivity index (χ3n) is 2.44. The average molecular weight is 291 g/mol. The molecule has 0 atom stereocenters. The lowest BCUT2D eigenvalue weighted by atomic mass is 10.3. The molecule has 0 aliphatic rings. The minimum absolute atomic E-state index is 0.163. The molecule has 2 aromatic rings. The van der Waals surface area contributed by atoms with Crippen LogP contribution in [-0.2, 0) is 0 Å². The van der Waals surface area contributed by atoms with Gasteiger partial charge in [-0.1, -0.05) is 0 Å². The van der Waals surface area contributed by atoms with Crippen LogP contribution < -0.4 is 9.47 Å². The molecule has 9 nitrogen and oxygen atoms in total. The fourth-order valence-corrected chi connectivity index (χ4v) is 1.50. The molecule has 0 aliphatic carbocycles. The summed E-state index contributed by atoms with van der Waals surface area (Å²) in [5.74, 6) is -1.58. The highest BCUT2D eigenvalue weighted by atomic mass is 16.6. The van der Waals surface area contributed by atoms with Gasteiger partial charge in [-0.25, -0.2) is 14.8 Å². The number of methoxy groups -OCH3 is 1. The number of hydrogen-bond donors (Lipinski definition) is 1. The second-order valence-electron chi connectivity index (χ2n) is 3.71. The smallest absolute Gasteiger partial charge is 0.360 e. The lowest BCUT2D eigenvalue weighted by Crippen LogP contribution is -2.05. The molecule has 108 valence electrons. The van der Waals surface area contributed by atoms with Crippen molar-refractivity contribution in [1.29, 1.82) is 0 Å². The van der Waals surface area contributed by atoms with Crippen LogP contribution in [0.5, 0.6) is 17.4 Å². The number of benzene rings is 1. The number of aromatic carboxylic acids is 1. The Morgan fingerprint density at radius 2 is 2.05 bits per heavy atom. The van der Waals surface area contributed by atoms with Crippen molar-refractivity contribution in [3.8, 4) is 17.4 Å². The lowest BCUT2D eigenvalue weighted by Gasteiger charge is -2.08. The van der Waals surface area contributed by atoms with Crippen LogP contribution in [0.4, 0.5) is 5.69 Å². The zero-order chi connectivity index (χ0) is 15.4. The molecule has 0 saturated carbocycles. The van der Waals surface area contributed by atoms with Crippen LogP contribution >= 0.6 is 0 Å². The van der Waals surface area contributed by atoms with Crippen molar-refractivity contribution in [3.63, 3.8) is 0 Å². The minimum atomic E-state index is -1.35. The van der Waals surface area contributed by atoms with Crippen molar-refractivity contribution in [2.45, 2.75) is 0 Å². The second-order valence-corrected chi connectivity index (χ2v) is 3.71. The van der Waals surface area contributed by atoms with E-state index in [-0.39, 0.29) is 23.1 Å². The topological polar surface area (TPSA) is 125 Å². The minimum Gasteiger partial charge on any atom is -0.496 e. The van der Waals surface area contributed by atoms with Gasteiger partial charge in [0.25, 0.3) is 5.88 Å². The molecule has 1 N–H and O–H groups in total. The van der Waals surface area contributed by atoms with Crippen LogP contribution in [-0.4, -0.2) is 33.1 Å². The van der Waals surface area contributed by atoms with Gasteiger partial charge in [0, 0.05) is 12.4 Å². The van der Waals surface area contributed by atoms with E-state index in [0.29, 0.717) is 0 Å². The summed E-state index contributed by atoms with van der Waals surface area (Å²) in [5.41, 5.74) is -0.820. The number of carbonyl (C=O) groups is 1. The zero-order valence-electron chi connectivity index (χ0n) is 10.7. The Morgan fingerprint density at radius 3 is 2.67 bits per heavy atom. The van der Waals surface area contributed by atoms with E-state index >= 15 is 0 Å². The molecule has 0 aliphatic heterocycles. The van der Waals surface area contributed by atoms with Gasteiger partial charge in [0.2, 0.25) is 11.4 Å². The molecule has 0 spiro atoms. The van der Waals surface area contributed by atoms with Gasteiger partial charge >= 0.3 is 11.7 Å². The van der Waals surface area contributed by atoms with E-state index < -0.39 is 16.6 Å². The summed E-state index contributed by atoms with van der Waals surface area (Å²) >= 11 is 0. The molecule has 0 saturated heterocycles. The highest BCUT2D eigenvalue weighted by molar-refractivity contribution is 5.87. The summed E-state index contributed by atoms with van der Waals surface area (Å²) in [6.45, 7) is 0. The molecule has 1 aromatic carbocycles. The lowest BCUT2D eigenvalue weighted by molar-refractivity contribution is -0.385. The molecule has 1 aromatic heterocycles. The van der Waals surface area contributed by atoms with Crippen LogP contribution in [0.2, 0.25) is 0 Å². The second kappa shape index (κ2) is 5.82. The SMILES string of the molecule is COc1ccc(Oc2nccnc2C(=O)O)c([N+](=O)[O-])c1. The zero-order valence-corrected chi connectivity index (χ0v) is 10.7. The average Bonchev–Trinajstić information content (AvgIpc) is 2.47. The van der Waals surface area contributed by atoms with Crippen molar-refractivity contribution >= 4 is 11.7 Å². The third kappa shape index (κ3) is 3.03. The molecule has 0 radical (unpaired) electrons. The molecular weight excluding hydrogens is 282 g/mol. The van der Waals surface area contributed by atoms with E-state index in [1.54, 1.807) is 0 Å². The fraction of sp³-hybridized carbons (Fsp3) is 0.0833. The van der Waals surface area contributed by atoms with Gasteiger partial charge in [0.15, 0.2) is 0 Å². The third-order valence-corrected chi connectivity index (χ3v) is 2.44. The highest BCUT2D eigenvalue weighted by Crippen LogP contribution is 2.34. The van der Waals surface area contributed by atoms with E-state index in [2.05, 4.69) is 9.97 Å². The summed E-state index contributed by atoms with van der Waals surface area (Å²) < 4.78 is 10.1. The predicted octanol–water partition coefficient (Wildman–Crippen LogP) is 1.88. The van der Waals surface area contributed by atoms with Gasteiger partial charge in [-0.2, -0.15) is 0 Å². The van der Waals surface area contributed by atoms with Crippen LogP contribution in [0.15, 0.2) is 30.6 Å². The Morgan fingerprint density at radius 1 is 1.33 bits per heavy atom. The molecule has 0 fully saturated rings. The Bertz CT molecular complexity index is 703. The maximum atomic E-state index is 11.0.